The molecule has 112 valence electrons. The van der Waals surface area contributed by atoms with E-state index in [2.05, 4.69) is 10.3 Å². The largest absolute Gasteiger partial charge is 0.433 e. The molecule has 0 aliphatic heterocycles. The minimum atomic E-state index is -4.44. The number of hydrogen-bond acceptors (Lipinski definition) is 2. The van der Waals surface area contributed by atoms with E-state index in [9.17, 15) is 13.2 Å². The lowest BCUT2D eigenvalue weighted by Gasteiger charge is -2.10. The summed E-state index contributed by atoms with van der Waals surface area (Å²) >= 11 is 5.65. The molecule has 2 aromatic rings. The van der Waals surface area contributed by atoms with Crippen molar-refractivity contribution >= 4 is 23.1 Å². The molecule has 0 amide bonds. The van der Waals surface area contributed by atoms with Crippen LogP contribution in [0, 0.1) is 0 Å². The van der Waals surface area contributed by atoms with Gasteiger partial charge in [0.1, 0.15) is 11.5 Å². The Morgan fingerprint density at radius 1 is 1.10 bits per heavy atom. The van der Waals surface area contributed by atoms with Crippen molar-refractivity contribution in [2.75, 3.05) is 11.2 Å². The van der Waals surface area contributed by atoms with E-state index in [1.54, 1.807) is 6.07 Å². The van der Waals surface area contributed by atoms with Crippen molar-refractivity contribution in [3.63, 3.8) is 0 Å². The molecule has 0 saturated carbocycles. The topological polar surface area (TPSA) is 24.9 Å². The van der Waals surface area contributed by atoms with Gasteiger partial charge in [0.2, 0.25) is 0 Å². The van der Waals surface area contributed by atoms with Crippen LogP contribution in [0.1, 0.15) is 17.7 Å². The molecule has 0 aliphatic carbocycles. The van der Waals surface area contributed by atoms with Crippen LogP contribution in [0.5, 0.6) is 0 Å². The van der Waals surface area contributed by atoms with Gasteiger partial charge < -0.3 is 5.32 Å². The molecule has 0 fully saturated rings. The third-order valence-electron chi connectivity index (χ3n) is 2.84. The van der Waals surface area contributed by atoms with Crippen LogP contribution < -0.4 is 5.32 Å². The lowest BCUT2D eigenvalue weighted by molar-refractivity contribution is -0.141. The second kappa shape index (κ2) is 6.80. The van der Waals surface area contributed by atoms with Crippen LogP contribution in [0.3, 0.4) is 0 Å². The van der Waals surface area contributed by atoms with Crippen molar-refractivity contribution in [1.29, 1.82) is 0 Å². The van der Waals surface area contributed by atoms with Crippen LogP contribution in [0.15, 0.2) is 42.5 Å². The number of halogens is 4. The Hall–Kier alpha value is -1.75. The van der Waals surface area contributed by atoms with Gasteiger partial charge in [-0.05, 0) is 42.7 Å². The molecule has 0 radical (unpaired) electrons. The van der Waals surface area contributed by atoms with E-state index in [0.29, 0.717) is 11.6 Å². The average Bonchev–Trinajstić information content (AvgIpc) is 2.45. The Labute approximate surface area is 126 Å². The molecule has 0 unspecified atom stereocenters. The first-order valence-electron chi connectivity index (χ1n) is 6.45. The predicted molar refractivity (Wildman–Crippen MR) is 78.0 cm³/mol. The first kappa shape index (κ1) is 15.6. The summed E-state index contributed by atoms with van der Waals surface area (Å²) in [6.07, 6.45) is -2.76. The molecule has 21 heavy (non-hydrogen) atoms. The molecule has 1 heterocycles. The minimum Gasteiger partial charge on any atom is -0.340 e. The fourth-order valence-electron chi connectivity index (χ4n) is 1.89. The second-order valence-corrected chi connectivity index (χ2v) is 4.90. The fourth-order valence-corrected chi connectivity index (χ4v) is 2.02. The molecule has 0 spiro atoms. The number of hydrogen-bond donors (Lipinski definition) is 1. The number of aromatic nitrogens is 1. The molecular weight excluding hydrogens is 301 g/mol. The van der Waals surface area contributed by atoms with Crippen molar-refractivity contribution < 1.29 is 13.2 Å². The summed E-state index contributed by atoms with van der Waals surface area (Å²) in [5.74, 6) is 0.742. The average molecular weight is 315 g/mol. The van der Waals surface area contributed by atoms with Crippen LogP contribution in [0.2, 0.25) is 0 Å². The molecule has 0 bridgehead atoms. The predicted octanol–water partition coefficient (Wildman–Crippen LogP) is 5.02. The molecule has 0 atom stereocenters. The van der Waals surface area contributed by atoms with E-state index in [-0.39, 0.29) is 5.82 Å². The zero-order chi connectivity index (χ0) is 15.3. The summed E-state index contributed by atoms with van der Waals surface area (Å²) in [5.41, 5.74) is 0.868. The SMILES string of the molecule is FC(F)(F)c1cccc(Nc2cccc(CCCCl)c2)n1. The highest BCUT2D eigenvalue weighted by molar-refractivity contribution is 6.17. The highest BCUT2D eigenvalue weighted by Gasteiger charge is 2.32. The van der Waals surface area contributed by atoms with Gasteiger partial charge in [-0.15, -0.1) is 11.6 Å². The summed E-state index contributed by atoms with van der Waals surface area (Å²) in [5, 5.41) is 2.89. The van der Waals surface area contributed by atoms with Gasteiger partial charge >= 0.3 is 6.18 Å². The standard InChI is InChI=1S/C15H14ClF3N2/c16-9-3-5-11-4-1-6-12(10-11)20-14-8-2-7-13(21-14)15(17,18)19/h1-2,4,6-8,10H,3,5,9H2,(H,20,21). The van der Waals surface area contributed by atoms with Crippen LogP contribution in [-0.4, -0.2) is 10.9 Å². The van der Waals surface area contributed by atoms with Crippen molar-refractivity contribution in [3.8, 4) is 0 Å². The van der Waals surface area contributed by atoms with Gasteiger partial charge in [-0.2, -0.15) is 13.2 Å². The molecular formula is C15H14ClF3N2. The maximum Gasteiger partial charge on any atom is 0.433 e. The number of pyridine rings is 1. The molecule has 2 nitrogen and oxygen atoms in total. The van der Waals surface area contributed by atoms with E-state index in [4.69, 9.17) is 11.6 Å². The number of alkyl halides is 4. The smallest absolute Gasteiger partial charge is 0.340 e. The van der Waals surface area contributed by atoms with Gasteiger partial charge in [0.15, 0.2) is 0 Å². The minimum absolute atomic E-state index is 0.166. The summed E-state index contributed by atoms with van der Waals surface area (Å²) in [7, 11) is 0. The van der Waals surface area contributed by atoms with E-state index >= 15 is 0 Å². The van der Waals surface area contributed by atoms with Crippen molar-refractivity contribution in [2.24, 2.45) is 0 Å². The second-order valence-electron chi connectivity index (χ2n) is 4.52. The van der Waals surface area contributed by atoms with Gasteiger partial charge in [-0.1, -0.05) is 18.2 Å². The van der Waals surface area contributed by atoms with Crippen molar-refractivity contribution in [1.82, 2.24) is 4.98 Å². The Morgan fingerprint density at radius 2 is 1.86 bits per heavy atom. The lowest BCUT2D eigenvalue weighted by Crippen LogP contribution is -2.08. The Morgan fingerprint density at radius 3 is 2.57 bits per heavy atom. The monoisotopic (exact) mass is 314 g/mol. The van der Waals surface area contributed by atoms with Crippen LogP contribution >= 0.6 is 11.6 Å². The Kier molecular flexibility index (Phi) is 5.07. The first-order valence-corrected chi connectivity index (χ1v) is 6.98. The third-order valence-corrected chi connectivity index (χ3v) is 3.11. The number of rotatable bonds is 5. The number of nitrogens with one attached hydrogen (secondary N) is 1. The Bertz CT molecular complexity index is 599. The number of benzene rings is 1. The molecule has 1 aromatic carbocycles. The van der Waals surface area contributed by atoms with Crippen LogP contribution in [0.25, 0.3) is 0 Å². The first-order chi connectivity index (χ1) is 9.99. The van der Waals surface area contributed by atoms with Gasteiger partial charge in [0.05, 0.1) is 0 Å². The molecule has 1 aromatic heterocycles. The molecule has 6 heteroatoms. The maximum atomic E-state index is 12.6. The zero-order valence-corrected chi connectivity index (χ0v) is 11.9. The normalized spacial score (nSPS) is 11.4. The Balaban J connectivity index is 2.14. The zero-order valence-electron chi connectivity index (χ0n) is 11.1. The summed E-state index contributed by atoms with van der Waals surface area (Å²) in [6, 6.07) is 11.2. The summed E-state index contributed by atoms with van der Waals surface area (Å²) < 4.78 is 37.8. The molecule has 2 rings (SSSR count). The fraction of sp³-hybridized carbons (Fsp3) is 0.267. The molecule has 0 saturated heterocycles. The summed E-state index contributed by atoms with van der Waals surface area (Å²) in [4.78, 5) is 3.57. The van der Waals surface area contributed by atoms with E-state index < -0.39 is 11.9 Å². The van der Waals surface area contributed by atoms with Gasteiger partial charge in [0.25, 0.3) is 0 Å². The van der Waals surface area contributed by atoms with Gasteiger partial charge in [-0.3, -0.25) is 0 Å². The third kappa shape index (κ3) is 4.63. The van der Waals surface area contributed by atoms with Gasteiger partial charge in [-0.25, -0.2) is 4.98 Å². The van der Waals surface area contributed by atoms with Crippen molar-refractivity contribution in [2.45, 2.75) is 19.0 Å². The number of aryl methyl sites for hydroxylation is 1. The highest BCUT2D eigenvalue weighted by Crippen LogP contribution is 2.28. The van der Waals surface area contributed by atoms with Crippen LogP contribution in [0.4, 0.5) is 24.7 Å². The van der Waals surface area contributed by atoms with Crippen LogP contribution in [-0.2, 0) is 12.6 Å². The number of anilines is 2. The highest BCUT2D eigenvalue weighted by atomic mass is 35.5. The lowest BCUT2D eigenvalue weighted by atomic mass is 10.1. The van der Waals surface area contributed by atoms with Gasteiger partial charge in [0, 0.05) is 11.6 Å². The number of nitrogens with zero attached hydrogens (tertiary/aromatic N) is 1. The van der Waals surface area contributed by atoms with Crippen molar-refractivity contribution in [3.05, 3.63) is 53.7 Å². The summed E-state index contributed by atoms with van der Waals surface area (Å²) in [6.45, 7) is 0. The van der Waals surface area contributed by atoms with E-state index in [0.717, 1.165) is 24.5 Å². The van der Waals surface area contributed by atoms with E-state index in [1.807, 2.05) is 18.2 Å². The van der Waals surface area contributed by atoms with E-state index in [1.165, 1.54) is 12.1 Å². The molecule has 1 N–H and O–H groups in total. The maximum absolute atomic E-state index is 12.6. The quantitative estimate of drug-likeness (QED) is 0.784. The molecule has 0 aliphatic rings.